The van der Waals surface area contributed by atoms with Gasteiger partial charge >= 0.3 is 0 Å². The van der Waals surface area contributed by atoms with Gasteiger partial charge in [0, 0.05) is 29.2 Å². The summed E-state index contributed by atoms with van der Waals surface area (Å²) >= 11 is 0. The monoisotopic (exact) mass is 186 g/mol. The van der Waals surface area contributed by atoms with Gasteiger partial charge < -0.3 is 0 Å². The Morgan fingerprint density at radius 1 is 1.57 bits per heavy atom. The third-order valence-electron chi connectivity index (χ3n) is 1.89. The van der Waals surface area contributed by atoms with Crippen LogP contribution in [0.4, 0.5) is 0 Å². The van der Waals surface area contributed by atoms with Crippen LogP contribution < -0.4 is 0 Å². The molecule has 0 N–H and O–H groups in total. The lowest BCUT2D eigenvalue weighted by molar-refractivity contribution is 1.18. The van der Waals surface area contributed by atoms with Crippen molar-refractivity contribution in [1.82, 2.24) is 4.98 Å². The molecule has 1 aromatic rings. The van der Waals surface area contributed by atoms with Crippen molar-refractivity contribution >= 4 is 12.3 Å². The number of pyridine rings is 1. The number of aliphatic imine (C=N–C) groups is 1. The predicted octanol–water partition coefficient (Wildman–Crippen LogP) is 3.01. The van der Waals surface area contributed by atoms with Crippen LogP contribution in [0.1, 0.15) is 18.2 Å². The van der Waals surface area contributed by atoms with Crippen LogP contribution in [0, 0.1) is 6.92 Å². The third-order valence-corrected chi connectivity index (χ3v) is 1.89. The molecule has 0 aliphatic rings. The number of hydrogen-bond acceptors (Lipinski definition) is 2. The summed E-state index contributed by atoms with van der Waals surface area (Å²) in [7, 11) is 0. The summed E-state index contributed by atoms with van der Waals surface area (Å²) in [6.45, 7) is 7.41. The maximum Gasteiger partial charge on any atom is 0.0451 e. The minimum absolute atomic E-state index is 1.00. The number of aromatic nitrogens is 1. The van der Waals surface area contributed by atoms with Gasteiger partial charge in [-0.15, -0.1) is 0 Å². The minimum Gasteiger partial charge on any atom is -0.272 e. The summed E-state index contributed by atoms with van der Waals surface area (Å²) in [5.41, 5.74) is 3.13. The lowest BCUT2D eigenvalue weighted by atomic mass is 10.1. The summed E-state index contributed by atoms with van der Waals surface area (Å²) < 4.78 is 0. The molecule has 0 aliphatic carbocycles. The minimum atomic E-state index is 1.00. The number of rotatable bonds is 3. The summed E-state index contributed by atoms with van der Waals surface area (Å²) in [5, 5.41) is 0. The Balaban J connectivity index is 3.18. The molecule has 0 atom stereocenters. The van der Waals surface area contributed by atoms with Gasteiger partial charge in [-0.25, -0.2) is 0 Å². The molecule has 2 heteroatoms. The molecule has 0 bridgehead atoms. The molecule has 2 nitrogen and oxygen atoms in total. The van der Waals surface area contributed by atoms with Crippen LogP contribution in [-0.2, 0) is 0 Å². The van der Waals surface area contributed by atoms with Crippen molar-refractivity contribution in [3.8, 4) is 0 Å². The van der Waals surface area contributed by atoms with Gasteiger partial charge in [-0.3, -0.25) is 9.98 Å². The highest BCUT2D eigenvalue weighted by molar-refractivity contribution is 5.75. The Labute approximate surface area is 84.7 Å². The first-order valence-corrected chi connectivity index (χ1v) is 4.50. The summed E-state index contributed by atoms with van der Waals surface area (Å²) in [6.07, 6.45) is 7.50. The van der Waals surface area contributed by atoms with E-state index in [4.69, 9.17) is 0 Å². The maximum atomic E-state index is 4.23. The van der Waals surface area contributed by atoms with E-state index in [1.165, 1.54) is 0 Å². The second-order valence-electron chi connectivity index (χ2n) is 2.90. The fourth-order valence-corrected chi connectivity index (χ4v) is 1.27. The van der Waals surface area contributed by atoms with Gasteiger partial charge in [0.15, 0.2) is 0 Å². The molecule has 72 valence electrons. The molecule has 0 fully saturated rings. The van der Waals surface area contributed by atoms with Crippen LogP contribution in [0.3, 0.4) is 0 Å². The van der Waals surface area contributed by atoms with Crippen molar-refractivity contribution < 1.29 is 0 Å². The summed E-state index contributed by atoms with van der Waals surface area (Å²) in [4.78, 5) is 8.01. The van der Waals surface area contributed by atoms with E-state index in [0.717, 1.165) is 16.8 Å². The number of allylic oxidation sites excluding steroid dienone is 3. The number of aryl methyl sites for hydroxylation is 1. The third kappa shape index (κ3) is 2.39. The Morgan fingerprint density at radius 3 is 2.93 bits per heavy atom. The maximum absolute atomic E-state index is 4.23. The Bertz CT molecular complexity index is 376. The second-order valence-corrected chi connectivity index (χ2v) is 2.90. The average molecular weight is 186 g/mol. The fraction of sp³-hybridized carbons (Fsp3) is 0.167. The van der Waals surface area contributed by atoms with Gasteiger partial charge in [0.1, 0.15) is 0 Å². The quantitative estimate of drug-likeness (QED) is 0.526. The first-order valence-electron chi connectivity index (χ1n) is 4.50. The van der Waals surface area contributed by atoms with E-state index in [1.807, 2.05) is 38.1 Å². The molecule has 14 heavy (non-hydrogen) atoms. The molecule has 0 amide bonds. The van der Waals surface area contributed by atoms with Crippen LogP contribution in [0.5, 0.6) is 0 Å². The molecule has 0 saturated carbocycles. The lowest BCUT2D eigenvalue weighted by Crippen LogP contribution is -1.89. The first-order chi connectivity index (χ1) is 6.79. The SMILES string of the molecule is C=N/C=C(\C=C/C)c1cccnc1C. The van der Waals surface area contributed by atoms with Gasteiger partial charge in [0.2, 0.25) is 0 Å². The molecule has 0 unspecified atom stereocenters. The topological polar surface area (TPSA) is 25.2 Å². The molecule has 0 spiro atoms. The molecule has 0 radical (unpaired) electrons. The van der Waals surface area contributed by atoms with Crippen LogP contribution >= 0.6 is 0 Å². The Hall–Kier alpha value is -1.70. The van der Waals surface area contributed by atoms with E-state index < -0.39 is 0 Å². The van der Waals surface area contributed by atoms with Gasteiger partial charge in [0.25, 0.3) is 0 Å². The normalized spacial score (nSPS) is 12.0. The largest absolute Gasteiger partial charge is 0.272 e. The van der Waals surface area contributed by atoms with Crippen molar-refractivity contribution in [2.45, 2.75) is 13.8 Å². The smallest absolute Gasteiger partial charge is 0.0451 e. The number of hydrogen-bond donors (Lipinski definition) is 0. The molecular weight excluding hydrogens is 172 g/mol. The van der Waals surface area contributed by atoms with Gasteiger partial charge in [0.05, 0.1) is 0 Å². The van der Waals surface area contributed by atoms with E-state index in [-0.39, 0.29) is 0 Å². The van der Waals surface area contributed by atoms with Crippen molar-refractivity contribution in [2.75, 3.05) is 0 Å². The van der Waals surface area contributed by atoms with E-state index in [1.54, 1.807) is 12.4 Å². The van der Waals surface area contributed by atoms with Crippen LogP contribution in [0.25, 0.3) is 5.57 Å². The number of nitrogens with zero attached hydrogens (tertiary/aromatic N) is 2. The molecule has 0 aliphatic heterocycles. The molecule has 0 saturated heterocycles. The van der Waals surface area contributed by atoms with E-state index in [0.29, 0.717) is 0 Å². The van der Waals surface area contributed by atoms with Gasteiger partial charge in [-0.05, 0) is 26.6 Å². The van der Waals surface area contributed by atoms with Crippen LogP contribution in [-0.4, -0.2) is 11.7 Å². The van der Waals surface area contributed by atoms with E-state index in [2.05, 4.69) is 16.7 Å². The highest BCUT2D eigenvalue weighted by Crippen LogP contribution is 2.18. The van der Waals surface area contributed by atoms with Crippen molar-refractivity contribution in [3.63, 3.8) is 0 Å². The Kier molecular flexibility index (Phi) is 3.80. The molecule has 0 aromatic carbocycles. The molecule has 1 rings (SSSR count). The van der Waals surface area contributed by atoms with Crippen molar-refractivity contribution in [3.05, 3.63) is 47.9 Å². The van der Waals surface area contributed by atoms with Crippen LogP contribution in [0.2, 0.25) is 0 Å². The highest BCUT2D eigenvalue weighted by atomic mass is 14.7. The second kappa shape index (κ2) is 5.12. The van der Waals surface area contributed by atoms with Gasteiger partial charge in [-0.1, -0.05) is 18.2 Å². The van der Waals surface area contributed by atoms with E-state index in [9.17, 15) is 0 Å². The fourth-order valence-electron chi connectivity index (χ4n) is 1.27. The Morgan fingerprint density at radius 2 is 2.36 bits per heavy atom. The zero-order valence-corrected chi connectivity index (χ0v) is 8.57. The zero-order valence-electron chi connectivity index (χ0n) is 8.57. The predicted molar refractivity (Wildman–Crippen MR) is 61.3 cm³/mol. The lowest BCUT2D eigenvalue weighted by Gasteiger charge is -2.03. The molecule has 1 heterocycles. The van der Waals surface area contributed by atoms with Crippen molar-refractivity contribution in [2.24, 2.45) is 4.99 Å². The van der Waals surface area contributed by atoms with Crippen LogP contribution in [0.15, 0.2) is 41.7 Å². The zero-order chi connectivity index (χ0) is 10.4. The average Bonchev–Trinajstić information content (AvgIpc) is 2.18. The van der Waals surface area contributed by atoms with Crippen molar-refractivity contribution in [1.29, 1.82) is 0 Å². The first kappa shape index (κ1) is 10.4. The standard InChI is InChI=1S/C12H14N2/c1-4-6-11(9-13-3)12-7-5-8-14-10(12)2/h4-9H,3H2,1-2H3/b6-4-,11-9+. The highest BCUT2D eigenvalue weighted by Gasteiger charge is 2.00. The van der Waals surface area contributed by atoms with Gasteiger partial charge in [-0.2, -0.15) is 0 Å². The summed E-state index contributed by atoms with van der Waals surface area (Å²) in [6, 6.07) is 3.95. The van der Waals surface area contributed by atoms with E-state index >= 15 is 0 Å². The summed E-state index contributed by atoms with van der Waals surface area (Å²) in [5.74, 6) is 0. The molecule has 1 aromatic heterocycles. The molecular formula is C12H14N2.